The Kier molecular flexibility index (Phi) is 8.13. The maximum Gasteiger partial charge on any atom is 0.229 e. The number of rotatable bonds is 7. The SMILES string of the molecule is Cc1ccc(CCc2c3c(=O)c(C)c(-c4c(C)c(O)c5c(CCc6ccc(C)cc6)c(O)c(O)cc5c4O)c(=O)c-3cc(=O)c2=O)cc1. The highest BCUT2D eigenvalue weighted by molar-refractivity contribution is 6.05. The molecule has 0 radical (unpaired) electrons. The summed E-state index contributed by atoms with van der Waals surface area (Å²) in [4.78, 5) is 54.1. The molecule has 0 aliphatic heterocycles. The van der Waals surface area contributed by atoms with Gasteiger partial charge in [-0.2, -0.15) is 0 Å². The van der Waals surface area contributed by atoms with E-state index in [0.29, 0.717) is 12.8 Å². The van der Waals surface area contributed by atoms with E-state index in [4.69, 9.17) is 0 Å². The Bertz CT molecular complexity index is 2430. The first kappa shape index (κ1) is 32.2. The van der Waals surface area contributed by atoms with Gasteiger partial charge in [0.15, 0.2) is 22.4 Å². The smallest absolute Gasteiger partial charge is 0.229 e. The maximum absolute atomic E-state index is 14.2. The molecule has 0 saturated heterocycles. The van der Waals surface area contributed by atoms with E-state index in [1.165, 1.54) is 13.8 Å². The van der Waals surface area contributed by atoms with E-state index in [1.807, 2.05) is 62.4 Å². The first-order valence-electron chi connectivity index (χ1n) is 15.7. The number of phenols is 4. The number of benzene rings is 6. The van der Waals surface area contributed by atoms with Crippen molar-refractivity contribution in [2.75, 3.05) is 0 Å². The lowest BCUT2D eigenvalue weighted by Gasteiger charge is -2.20. The van der Waals surface area contributed by atoms with Gasteiger partial charge in [-0.25, -0.2) is 0 Å². The van der Waals surface area contributed by atoms with Gasteiger partial charge in [0, 0.05) is 61.3 Å². The van der Waals surface area contributed by atoms with Crippen LogP contribution in [-0.4, -0.2) is 20.4 Å². The van der Waals surface area contributed by atoms with E-state index in [9.17, 15) is 39.6 Å². The van der Waals surface area contributed by atoms with Crippen molar-refractivity contribution in [3.05, 3.63) is 146 Å². The van der Waals surface area contributed by atoms with Crippen molar-refractivity contribution in [2.24, 2.45) is 0 Å². The minimum Gasteiger partial charge on any atom is -0.507 e. The van der Waals surface area contributed by atoms with Crippen molar-refractivity contribution in [3.63, 3.8) is 0 Å². The average Bonchev–Trinajstić information content (AvgIpc) is 3.06. The largest absolute Gasteiger partial charge is 0.507 e. The summed E-state index contributed by atoms with van der Waals surface area (Å²) < 4.78 is 0. The second-order valence-electron chi connectivity index (χ2n) is 12.6. The molecule has 4 N–H and O–H groups in total. The number of aryl methyl sites for hydroxylation is 5. The molecule has 0 fully saturated rings. The summed E-state index contributed by atoms with van der Waals surface area (Å²) >= 11 is 0. The molecule has 4 aromatic carbocycles. The molecule has 8 nitrogen and oxygen atoms in total. The second kappa shape index (κ2) is 12.1. The van der Waals surface area contributed by atoms with E-state index in [-0.39, 0.29) is 73.9 Å². The van der Waals surface area contributed by atoms with Gasteiger partial charge in [-0.05, 0) is 70.6 Å². The minimum absolute atomic E-state index is 0.0317. The second-order valence-corrected chi connectivity index (χ2v) is 12.6. The van der Waals surface area contributed by atoms with Crippen LogP contribution in [0.25, 0.3) is 33.0 Å². The molecule has 0 heterocycles. The summed E-state index contributed by atoms with van der Waals surface area (Å²) in [6, 6.07) is 17.4. The summed E-state index contributed by atoms with van der Waals surface area (Å²) in [6.45, 7) is 6.78. The van der Waals surface area contributed by atoms with Gasteiger partial charge in [-0.3, -0.25) is 19.2 Å². The Hall–Kier alpha value is -5.76. The summed E-state index contributed by atoms with van der Waals surface area (Å²) in [5.41, 5.74) is 0.260. The van der Waals surface area contributed by atoms with Gasteiger partial charge in [-0.15, -0.1) is 0 Å². The monoisotopic (exact) mass is 642 g/mol. The van der Waals surface area contributed by atoms with Crippen LogP contribution in [-0.2, 0) is 25.7 Å². The van der Waals surface area contributed by atoms with Crippen LogP contribution in [0.4, 0.5) is 0 Å². The molecule has 2 aliphatic carbocycles. The Balaban J connectivity index is 1.55. The van der Waals surface area contributed by atoms with Gasteiger partial charge >= 0.3 is 0 Å². The fraction of sp³-hybridized carbons (Fsp3) is 0.200. The lowest BCUT2D eigenvalue weighted by Crippen LogP contribution is -2.34. The number of hydrogen-bond acceptors (Lipinski definition) is 8. The molecule has 0 saturated carbocycles. The van der Waals surface area contributed by atoms with Gasteiger partial charge in [0.1, 0.15) is 11.5 Å². The zero-order valence-electron chi connectivity index (χ0n) is 27.0. The molecule has 0 spiro atoms. The van der Waals surface area contributed by atoms with Crippen molar-refractivity contribution >= 4 is 10.8 Å². The molecular weight excluding hydrogens is 608 g/mol. The van der Waals surface area contributed by atoms with Crippen molar-refractivity contribution in [1.82, 2.24) is 0 Å². The molecule has 6 rings (SSSR count). The Morgan fingerprint density at radius 2 is 1.04 bits per heavy atom. The van der Waals surface area contributed by atoms with Crippen LogP contribution in [0, 0.1) is 27.7 Å². The van der Waals surface area contributed by atoms with Crippen LogP contribution < -0.4 is 21.7 Å². The molecule has 4 aromatic rings. The third-order valence-electron chi connectivity index (χ3n) is 9.42. The molecule has 0 atom stereocenters. The van der Waals surface area contributed by atoms with E-state index in [0.717, 1.165) is 34.4 Å². The van der Waals surface area contributed by atoms with Crippen LogP contribution >= 0.6 is 0 Å². The average molecular weight is 643 g/mol. The van der Waals surface area contributed by atoms with Crippen LogP contribution in [0.1, 0.15) is 44.5 Å². The van der Waals surface area contributed by atoms with E-state index in [2.05, 4.69) is 0 Å². The molecule has 48 heavy (non-hydrogen) atoms. The van der Waals surface area contributed by atoms with Crippen molar-refractivity contribution < 1.29 is 20.4 Å². The highest BCUT2D eigenvalue weighted by atomic mass is 16.3. The van der Waals surface area contributed by atoms with E-state index < -0.39 is 39.0 Å². The summed E-state index contributed by atoms with van der Waals surface area (Å²) in [7, 11) is 0. The van der Waals surface area contributed by atoms with Gasteiger partial charge in [0.25, 0.3) is 0 Å². The lowest BCUT2D eigenvalue weighted by atomic mass is 9.83. The normalized spacial score (nSPS) is 11.5. The van der Waals surface area contributed by atoms with Gasteiger partial charge in [0.2, 0.25) is 10.9 Å². The topological polar surface area (TPSA) is 149 Å². The predicted molar refractivity (Wildman–Crippen MR) is 187 cm³/mol. The molecule has 0 amide bonds. The van der Waals surface area contributed by atoms with Crippen LogP contribution in [0.15, 0.2) is 79.8 Å². The quantitative estimate of drug-likeness (QED) is 0.101. The molecule has 8 heteroatoms. The van der Waals surface area contributed by atoms with Crippen LogP contribution in [0.5, 0.6) is 23.0 Å². The van der Waals surface area contributed by atoms with Crippen LogP contribution in [0.3, 0.4) is 0 Å². The maximum atomic E-state index is 14.2. The highest BCUT2D eigenvalue weighted by Crippen LogP contribution is 2.50. The first-order chi connectivity index (χ1) is 22.8. The summed E-state index contributed by atoms with van der Waals surface area (Å²) in [5.74, 6) is -1.82. The fourth-order valence-electron chi connectivity index (χ4n) is 6.66. The van der Waals surface area contributed by atoms with E-state index in [1.54, 1.807) is 0 Å². The van der Waals surface area contributed by atoms with Crippen molar-refractivity contribution in [2.45, 2.75) is 53.4 Å². The summed E-state index contributed by atoms with van der Waals surface area (Å²) in [5, 5.41) is 44.9. The molecule has 0 bridgehead atoms. The first-order valence-corrected chi connectivity index (χ1v) is 15.7. The van der Waals surface area contributed by atoms with Gasteiger partial charge < -0.3 is 20.4 Å². The van der Waals surface area contributed by atoms with Gasteiger partial charge in [0.05, 0.1) is 0 Å². The predicted octanol–water partition coefficient (Wildman–Crippen LogP) is 5.55. The Morgan fingerprint density at radius 3 is 1.60 bits per heavy atom. The zero-order valence-corrected chi connectivity index (χ0v) is 27.0. The molecule has 242 valence electrons. The highest BCUT2D eigenvalue weighted by Gasteiger charge is 2.30. The number of fused-ring (bicyclic) bond motifs is 2. The number of phenolic OH excluding ortho intramolecular Hbond substituents is 4. The summed E-state index contributed by atoms with van der Waals surface area (Å²) in [6.07, 6.45) is 1.08. The molecular formula is C40H34O8. The Morgan fingerprint density at radius 1 is 0.500 bits per heavy atom. The number of aromatic hydroxyl groups is 4. The third-order valence-corrected chi connectivity index (χ3v) is 9.42. The zero-order chi connectivity index (χ0) is 34.6. The minimum atomic E-state index is -0.923. The van der Waals surface area contributed by atoms with Crippen LogP contribution in [0.2, 0.25) is 0 Å². The van der Waals surface area contributed by atoms with Crippen molar-refractivity contribution in [3.8, 4) is 45.3 Å². The fourth-order valence-corrected chi connectivity index (χ4v) is 6.66. The molecule has 0 aromatic heterocycles. The van der Waals surface area contributed by atoms with E-state index >= 15 is 0 Å². The van der Waals surface area contributed by atoms with Gasteiger partial charge in [-0.1, -0.05) is 59.7 Å². The molecule has 0 unspecified atom stereocenters. The standard InChI is InChI=1S/C40H34O8/c1-19-5-9-23(10-6-19)13-15-25-33-27(17-29(41)37(25)45)39(47)31(21(3)35(33)43)32-22(4)36(44)34-26(16-14-24-11-7-20(2)8-12-24)38(46)30(42)18-28(34)40(32)48/h5-12,17-18,41,43,45,47H,13-16H2,1-4H3. The van der Waals surface area contributed by atoms with Crippen molar-refractivity contribution in [1.29, 1.82) is 0 Å². The lowest BCUT2D eigenvalue weighted by molar-refractivity contribution is 0.399. The Labute approximate surface area is 275 Å². The molecule has 2 aliphatic rings. The number of hydrogen-bond donors (Lipinski definition) is 4. The third kappa shape index (κ3) is 5.29.